The number of aromatic nitrogens is 1. The second-order valence-electron chi connectivity index (χ2n) is 6.60. The van der Waals surface area contributed by atoms with E-state index in [4.69, 9.17) is 0 Å². The molecule has 0 spiro atoms. The highest BCUT2D eigenvalue weighted by atomic mass is 16.2. The van der Waals surface area contributed by atoms with Crippen LogP contribution in [0.3, 0.4) is 0 Å². The van der Waals surface area contributed by atoms with Gasteiger partial charge in [-0.2, -0.15) is 0 Å². The Bertz CT molecular complexity index is 697. The highest BCUT2D eigenvalue weighted by molar-refractivity contribution is 5.94. The second kappa shape index (κ2) is 5.69. The normalized spacial score (nSPS) is 16.9. The number of anilines is 1. The van der Waals surface area contributed by atoms with Gasteiger partial charge < -0.3 is 10.2 Å². The summed E-state index contributed by atoms with van der Waals surface area (Å²) in [7, 11) is 1.90. The topological polar surface area (TPSA) is 45.2 Å². The molecule has 2 aromatic rings. The molecule has 0 unspecified atom stereocenters. The third-order valence-corrected chi connectivity index (χ3v) is 4.84. The monoisotopic (exact) mass is 307 g/mol. The van der Waals surface area contributed by atoms with Gasteiger partial charge in [-0.25, -0.2) is 4.98 Å². The number of nitrogens with zero attached hydrogens (tertiary/aromatic N) is 2. The minimum atomic E-state index is 0.0493. The van der Waals surface area contributed by atoms with Crippen molar-refractivity contribution in [3.05, 3.63) is 59.3 Å². The van der Waals surface area contributed by atoms with Crippen LogP contribution in [-0.2, 0) is 12.8 Å². The van der Waals surface area contributed by atoms with Gasteiger partial charge in [0.15, 0.2) is 0 Å². The molecular weight excluding hydrogens is 286 g/mol. The molecule has 23 heavy (non-hydrogen) atoms. The van der Waals surface area contributed by atoms with E-state index in [-0.39, 0.29) is 11.9 Å². The Kier molecular flexibility index (Phi) is 3.52. The van der Waals surface area contributed by atoms with E-state index < -0.39 is 0 Å². The van der Waals surface area contributed by atoms with Gasteiger partial charge in [0.25, 0.3) is 5.91 Å². The molecule has 1 aromatic heterocycles. The molecule has 0 bridgehead atoms. The fraction of sp³-hybridized carbons (Fsp3) is 0.368. The lowest BCUT2D eigenvalue weighted by atomic mass is 10.1. The van der Waals surface area contributed by atoms with Crippen LogP contribution in [0, 0.1) is 0 Å². The summed E-state index contributed by atoms with van der Waals surface area (Å²) < 4.78 is 0. The van der Waals surface area contributed by atoms with Crippen molar-refractivity contribution in [1.29, 1.82) is 0 Å². The molecule has 4 nitrogen and oxygen atoms in total. The Morgan fingerprint density at radius 1 is 1.13 bits per heavy atom. The summed E-state index contributed by atoms with van der Waals surface area (Å²) in [6, 6.07) is 13.0. The first-order chi connectivity index (χ1) is 11.2. The number of carbonyl (C=O) groups is 1. The molecule has 1 amide bonds. The minimum Gasteiger partial charge on any atom is -0.367 e. The predicted molar refractivity (Wildman–Crippen MR) is 90.6 cm³/mol. The maximum absolute atomic E-state index is 12.7. The molecule has 1 saturated carbocycles. The number of nitrogens with one attached hydrogen (secondary N) is 1. The molecule has 1 N–H and O–H groups in total. The number of pyridine rings is 1. The number of carbonyl (C=O) groups excluding carboxylic acids is 1. The van der Waals surface area contributed by atoms with Crippen molar-refractivity contribution in [2.45, 2.75) is 37.8 Å². The van der Waals surface area contributed by atoms with Crippen LogP contribution in [0.2, 0.25) is 0 Å². The summed E-state index contributed by atoms with van der Waals surface area (Å²) in [5, 5.41) is 3.34. The summed E-state index contributed by atoms with van der Waals surface area (Å²) in [5.74, 6) is 0.910. The van der Waals surface area contributed by atoms with Gasteiger partial charge in [-0.1, -0.05) is 24.3 Å². The van der Waals surface area contributed by atoms with Crippen molar-refractivity contribution >= 4 is 11.7 Å². The number of amides is 1. The van der Waals surface area contributed by atoms with E-state index in [1.54, 1.807) is 6.20 Å². The van der Waals surface area contributed by atoms with Gasteiger partial charge in [0.2, 0.25) is 0 Å². The Morgan fingerprint density at radius 3 is 2.39 bits per heavy atom. The maximum Gasteiger partial charge on any atom is 0.255 e. The van der Waals surface area contributed by atoms with E-state index in [9.17, 15) is 4.79 Å². The summed E-state index contributed by atoms with van der Waals surface area (Å²) >= 11 is 0. The van der Waals surface area contributed by atoms with Gasteiger partial charge in [0.05, 0.1) is 5.56 Å². The van der Waals surface area contributed by atoms with Gasteiger partial charge in [-0.15, -0.1) is 0 Å². The van der Waals surface area contributed by atoms with Crippen LogP contribution in [0.15, 0.2) is 42.6 Å². The van der Waals surface area contributed by atoms with E-state index in [1.807, 2.05) is 24.1 Å². The summed E-state index contributed by atoms with van der Waals surface area (Å²) in [6.07, 6.45) is 5.99. The Balaban J connectivity index is 1.44. The standard InChI is InChI=1S/C19H21N3O/c1-22(17-10-13-4-2-3-5-14(13)11-17)19(23)15-6-9-18(20-12-15)21-16-7-8-16/h2-6,9,12,16-17H,7-8,10-11H2,1H3,(H,20,21). The molecule has 1 aromatic carbocycles. The molecule has 0 atom stereocenters. The number of rotatable bonds is 4. The van der Waals surface area contributed by atoms with Crippen LogP contribution in [0.5, 0.6) is 0 Å². The zero-order chi connectivity index (χ0) is 15.8. The number of hydrogen-bond donors (Lipinski definition) is 1. The van der Waals surface area contributed by atoms with Crippen molar-refractivity contribution in [2.24, 2.45) is 0 Å². The summed E-state index contributed by atoms with van der Waals surface area (Å²) in [6.45, 7) is 0. The first-order valence-corrected chi connectivity index (χ1v) is 8.27. The molecule has 4 rings (SSSR count). The fourth-order valence-corrected chi connectivity index (χ4v) is 3.22. The minimum absolute atomic E-state index is 0.0493. The van der Waals surface area contributed by atoms with Crippen LogP contribution in [0.25, 0.3) is 0 Å². The fourth-order valence-electron chi connectivity index (χ4n) is 3.22. The average Bonchev–Trinajstić information content (AvgIpc) is 3.29. The quantitative estimate of drug-likeness (QED) is 0.944. The van der Waals surface area contributed by atoms with Gasteiger partial charge in [0, 0.05) is 25.3 Å². The Hall–Kier alpha value is -2.36. The summed E-state index contributed by atoms with van der Waals surface area (Å²) in [5.41, 5.74) is 3.38. The SMILES string of the molecule is CN(C(=O)c1ccc(NC2CC2)nc1)C1Cc2ccccc2C1. The average molecular weight is 307 g/mol. The van der Waals surface area contributed by atoms with Crippen molar-refractivity contribution < 1.29 is 4.79 Å². The molecule has 1 fully saturated rings. The maximum atomic E-state index is 12.7. The van der Waals surface area contributed by atoms with E-state index in [0.717, 1.165) is 18.7 Å². The molecular formula is C19H21N3O. The predicted octanol–water partition coefficient (Wildman–Crippen LogP) is 2.90. The molecule has 2 aliphatic carbocycles. The second-order valence-corrected chi connectivity index (χ2v) is 6.60. The largest absolute Gasteiger partial charge is 0.367 e. The first-order valence-electron chi connectivity index (χ1n) is 8.27. The lowest BCUT2D eigenvalue weighted by molar-refractivity contribution is 0.0737. The van der Waals surface area contributed by atoms with E-state index in [0.29, 0.717) is 11.6 Å². The number of hydrogen-bond acceptors (Lipinski definition) is 3. The van der Waals surface area contributed by atoms with Crippen LogP contribution >= 0.6 is 0 Å². The van der Waals surface area contributed by atoms with E-state index in [2.05, 4.69) is 34.6 Å². The van der Waals surface area contributed by atoms with Gasteiger partial charge in [-0.3, -0.25) is 4.79 Å². The lowest BCUT2D eigenvalue weighted by Gasteiger charge is -2.24. The summed E-state index contributed by atoms with van der Waals surface area (Å²) in [4.78, 5) is 18.9. The van der Waals surface area contributed by atoms with Crippen LogP contribution in [-0.4, -0.2) is 34.9 Å². The van der Waals surface area contributed by atoms with Crippen molar-refractivity contribution in [1.82, 2.24) is 9.88 Å². The molecule has 1 heterocycles. The van der Waals surface area contributed by atoms with Crippen molar-refractivity contribution in [2.75, 3.05) is 12.4 Å². The van der Waals surface area contributed by atoms with Gasteiger partial charge in [-0.05, 0) is 48.9 Å². The van der Waals surface area contributed by atoms with Crippen LogP contribution in [0.1, 0.15) is 34.3 Å². The highest BCUT2D eigenvalue weighted by Crippen LogP contribution is 2.26. The van der Waals surface area contributed by atoms with Gasteiger partial charge >= 0.3 is 0 Å². The zero-order valence-corrected chi connectivity index (χ0v) is 13.3. The third kappa shape index (κ3) is 2.93. The molecule has 2 aliphatic rings. The zero-order valence-electron chi connectivity index (χ0n) is 13.3. The number of likely N-dealkylation sites (N-methyl/N-ethyl adjacent to an activating group) is 1. The Labute approximate surface area is 136 Å². The highest BCUT2D eigenvalue weighted by Gasteiger charge is 2.28. The third-order valence-electron chi connectivity index (χ3n) is 4.84. The molecule has 0 radical (unpaired) electrons. The first kappa shape index (κ1) is 14.2. The number of fused-ring (bicyclic) bond motifs is 1. The van der Waals surface area contributed by atoms with Gasteiger partial charge in [0.1, 0.15) is 5.82 Å². The van der Waals surface area contributed by atoms with Crippen LogP contribution < -0.4 is 5.32 Å². The Morgan fingerprint density at radius 2 is 1.83 bits per heavy atom. The van der Waals surface area contributed by atoms with E-state index >= 15 is 0 Å². The molecule has 4 heteroatoms. The smallest absolute Gasteiger partial charge is 0.255 e. The molecule has 118 valence electrons. The lowest BCUT2D eigenvalue weighted by Crippen LogP contribution is -2.37. The molecule has 0 saturated heterocycles. The molecule has 0 aliphatic heterocycles. The van der Waals surface area contributed by atoms with Crippen LogP contribution in [0.4, 0.5) is 5.82 Å². The van der Waals surface area contributed by atoms with Crippen molar-refractivity contribution in [3.8, 4) is 0 Å². The number of benzene rings is 1. The van der Waals surface area contributed by atoms with Crippen molar-refractivity contribution in [3.63, 3.8) is 0 Å². The van der Waals surface area contributed by atoms with E-state index in [1.165, 1.54) is 24.0 Å².